The zero-order valence-corrected chi connectivity index (χ0v) is 12.9. The van der Waals surface area contributed by atoms with Gasteiger partial charge in [-0.3, -0.25) is 5.10 Å². The summed E-state index contributed by atoms with van der Waals surface area (Å²) in [6.07, 6.45) is 0.729. The van der Waals surface area contributed by atoms with Crippen LogP contribution < -0.4 is 5.73 Å². The first-order valence-corrected chi connectivity index (χ1v) is 8.00. The minimum absolute atomic E-state index is 0.122. The quantitative estimate of drug-likeness (QED) is 0.805. The molecule has 3 N–H and O–H groups in total. The summed E-state index contributed by atoms with van der Waals surface area (Å²) in [7, 11) is -2.04. The van der Waals surface area contributed by atoms with Gasteiger partial charge in [0.25, 0.3) is 0 Å². The van der Waals surface area contributed by atoms with Gasteiger partial charge in [0, 0.05) is 7.05 Å². The van der Waals surface area contributed by atoms with Crippen molar-refractivity contribution in [2.75, 3.05) is 13.6 Å². The van der Waals surface area contributed by atoms with E-state index >= 15 is 0 Å². The number of aryl methyl sites for hydroxylation is 1. The zero-order valence-electron chi connectivity index (χ0n) is 12.1. The highest BCUT2D eigenvalue weighted by Crippen LogP contribution is 2.16. The molecule has 1 aromatic carbocycles. The minimum atomic E-state index is -3.55. The Hall–Kier alpha value is -1.77. The van der Waals surface area contributed by atoms with Crippen LogP contribution in [0.15, 0.2) is 29.2 Å². The van der Waals surface area contributed by atoms with Crippen molar-refractivity contribution in [1.82, 2.24) is 19.5 Å². The molecule has 2 rings (SSSR count). The van der Waals surface area contributed by atoms with E-state index in [1.807, 2.05) is 0 Å². The van der Waals surface area contributed by atoms with Crippen LogP contribution in [-0.4, -0.2) is 41.5 Å². The first-order valence-electron chi connectivity index (χ1n) is 6.56. The molecule has 114 valence electrons. The van der Waals surface area contributed by atoms with Crippen molar-refractivity contribution in [3.05, 3.63) is 41.5 Å². The number of nitrogens with zero attached hydrogens (tertiary/aromatic N) is 3. The Morgan fingerprint density at radius 2 is 1.95 bits per heavy atom. The van der Waals surface area contributed by atoms with Crippen molar-refractivity contribution in [3.8, 4) is 0 Å². The zero-order chi connectivity index (χ0) is 15.5. The second kappa shape index (κ2) is 6.33. The van der Waals surface area contributed by atoms with Crippen molar-refractivity contribution in [2.45, 2.75) is 24.8 Å². The summed E-state index contributed by atoms with van der Waals surface area (Å²) in [5, 5.41) is 6.64. The average molecular weight is 309 g/mol. The predicted molar refractivity (Wildman–Crippen MR) is 79.0 cm³/mol. The van der Waals surface area contributed by atoms with Gasteiger partial charge in [-0.05, 0) is 37.6 Å². The molecule has 0 aliphatic carbocycles. The molecule has 0 fully saturated rings. The molecule has 0 aliphatic heterocycles. The van der Waals surface area contributed by atoms with Crippen LogP contribution in [-0.2, 0) is 23.0 Å². The van der Waals surface area contributed by atoms with Gasteiger partial charge < -0.3 is 5.73 Å². The molecule has 7 nitrogen and oxygen atoms in total. The highest BCUT2D eigenvalue weighted by molar-refractivity contribution is 7.89. The summed E-state index contributed by atoms with van der Waals surface area (Å²) in [6.45, 7) is 2.43. The summed E-state index contributed by atoms with van der Waals surface area (Å²) in [4.78, 5) is 4.36. The molecule has 1 heterocycles. The Kier molecular flexibility index (Phi) is 4.71. The number of benzene rings is 1. The molecule has 0 amide bonds. The van der Waals surface area contributed by atoms with Gasteiger partial charge in [0.15, 0.2) is 5.82 Å². The molecule has 2 aromatic rings. The Balaban J connectivity index is 2.16. The maximum atomic E-state index is 12.4. The van der Waals surface area contributed by atoms with Crippen molar-refractivity contribution in [3.63, 3.8) is 0 Å². The first-order chi connectivity index (χ1) is 9.93. The largest absolute Gasteiger partial charge is 0.330 e. The molecule has 0 atom stereocenters. The molecule has 0 aliphatic rings. The molecule has 0 spiro atoms. The number of sulfonamides is 1. The number of nitrogens with one attached hydrogen (secondary N) is 1. The smallest absolute Gasteiger partial charge is 0.243 e. The number of aromatic amines is 1. The van der Waals surface area contributed by atoms with Crippen molar-refractivity contribution in [1.29, 1.82) is 0 Å². The summed E-state index contributed by atoms with van der Waals surface area (Å²) in [5.41, 5.74) is 6.49. The molecule has 0 unspecified atom stereocenters. The van der Waals surface area contributed by atoms with Gasteiger partial charge in [0.1, 0.15) is 5.82 Å². The SMILES string of the molecule is Cc1nc(CN(C)S(=O)(=O)c2ccc(CCN)cc2)n[nH]1. The second-order valence-electron chi connectivity index (χ2n) is 4.78. The van der Waals surface area contributed by atoms with Crippen LogP contribution in [0.4, 0.5) is 0 Å². The van der Waals surface area contributed by atoms with Crippen LogP contribution in [0.2, 0.25) is 0 Å². The Morgan fingerprint density at radius 1 is 1.29 bits per heavy atom. The number of aromatic nitrogens is 3. The molecule has 0 saturated heterocycles. The van der Waals surface area contributed by atoms with Crippen LogP contribution in [0, 0.1) is 6.92 Å². The molecule has 0 saturated carbocycles. The molecule has 8 heteroatoms. The summed E-state index contributed by atoms with van der Waals surface area (Å²) in [5.74, 6) is 1.10. The highest BCUT2D eigenvalue weighted by atomic mass is 32.2. The van der Waals surface area contributed by atoms with Crippen LogP contribution in [0.3, 0.4) is 0 Å². The van der Waals surface area contributed by atoms with Gasteiger partial charge in [0.05, 0.1) is 11.4 Å². The normalized spacial score (nSPS) is 12.0. The van der Waals surface area contributed by atoms with E-state index in [0.717, 1.165) is 12.0 Å². The maximum Gasteiger partial charge on any atom is 0.243 e. The molecular weight excluding hydrogens is 290 g/mol. The van der Waals surface area contributed by atoms with E-state index in [2.05, 4.69) is 15.2 Å². The lowest BCUT2D eigenvalue weighted by Crippen LogP contribution is -2.27. The lowest BCUT2D eigenvalue weighted by molar-refractivity contribution is 0.457. The van der Waals surface area contributed by atoms with Gasteiger partial charge >= 0.3 is 0 Å². The Bertz CT molecular complexity index is 694. The summed E-state index contributed by atoms with van der Waals surface area (Å²) in [6, 6.07) is 6.76. The molecule has 1 aromatic heterocycles. The maximum absolute atomic E-state index is 12.4. The molecule has 0 bridgehead atoms. The second-order valence-corrected chi connectivity index (χ2v) is 6.83. The van der Waals surface area contributed by atoms with Crippen molar-refractivity contribution >= 4 is 10.0 Å². The third-order valence-electron chi connectivity index (χ3n) is 3.07. The van der Waals surface area contributed by atoms with Gasteiger partial charge in [-0.25, -0.2) is 13.4 Å². The van der Waals surface area contributed by atoms with E-state index in [0.29, 0.717) is 18.2 Å². The monoisotopic (exact) mass is 309 g/mol. The third kappa shape index (κ3) is 3.66. The fraction of sp³-hybridized carbons (Fsp3) is 0.385. The number of nitrogens with two attached hydrogens (primary N) is 1. The summed E-state index contributed by atoms with van der Waals surface area (Å²) >= 11 is 0. The van der Waals surface area contributed by atoms with Crippen LogP contribution in [0.1, 0.15) is 17.2 Å². The average Bonchev–Trinajstić information content (AvgIpc) is 2.85. The predicted octanol–water partition coefficient (Wildman–Crippen LogP) is 0.435. The lowest BCUT2D eigenvalue weighted by atomic mass is 10.2. The number of H-pyrrole nitrogens is 1. The molecule has 21 heavy (non-hydrogen) atoms. The van der Waals surface area contributed by atoms with Crippen molar-refractivity contribution < 1.29 is 8.42 Å². The van der Waals surface area contributed by atoms with Gasteiger partial charge in [-0.15, -0.1) is 0 Å². The Labute approximate surface area is 124 Å². The Morgan fingerprint density at radius 3 is 2.48 bits per heavy atom. The van der Waals surface area contributed by atoms with E-state index < -0.39 is 10.0 Å². The van der Waals surface area contributed by atoms with Crippen LogP contribution in [0.25, 0.3) is 0 Å². The summed E-state index contributed by atoms with van der Waals surface area (Å²) < 4.78 is 26.1. The third-order valence-corrected chi connectivity index (χ3v) is 4.89. The number of hydrogen-bond donors (Lipinski definition) is 2. The van der Waals surface area contributed by atoms with E-state index in [9.17, 15) is 8.42 Å². The van der Waals surface area contributed by atoms with Gasteiger partial charge in [-0.2, -0.15) is 9.40 Å². The van der Waals surface area contributed by atoms with E-state index in [1.54, 1.807) is 31.2 Å². The number of hydrogen-bond acceptors (Lipinski definition) is 5. The standard InChI is InChI=1S/C13H19N5O2S/c1-10-15-13(17-16-10)9-18(2)21(19,20)12-5-3-11(4-6-12)7-8-14/h3-6H,7-9,14H2,1-2H3,(H,15,16,17). The molecular formula is C13H19N5O2S. The fourth-order valence-electron chi connectivity index (χ4n) is 1.92. The van der Waals surface area contributed by atoms with Gasteiger partial charge in [0.2, 0.25) is 10.0 Å². The number of rotatable bonds is 6. The lowest BCUT2D eigenvalue weighted by Gasteiger charge is -2.15. The minimum Gasteiger partial charge on any atom is -0.330 e. The molecule has 0 radical (unpaired) electrons. The van der Waals surface area contributed by atoms with Gasteiger partial charge in [-0.1, -0.05) is 12.1 Å². The van der Waals surface area contributed by atoms with Crippen molar-refractivity contribution in [2.24, 2.45) is 5.73 Å². The first kappa shape index (κ1) is 15.6. The van der Waals surface area contributed by atoms with E-state index in [1.165, 1.54) is 11.4 Å². The highest BCUT2D eigenvalue weighted by Gasteiger charge is 2.22. The van der Waals surface area contributed by atoms with Crippen LogP contribution in [0.5, 0.6) is 0 Å². The van der Waals surface area contributed by atoms with E-state index in [-0.39, 0.29) is 11.4 Å². The topological polar surface area (TPSA) is 105 Å². The van der Waals surface area contributed by atoms with E-state index in [4.69, 9.17) is 5.73 Å². The van der Waals surface area contributed by atoms with Crippen LogP contribution >= 0.6 is 0 Å². The fourth-order valence-corrected chi connectivity index (χ4v) is 3.04.